The first kappa shape index (κ1) is 20.3. The van der Waals surface area contributed by atoms with Crippen molar-refractivity contribution in [3.63, 3.8) is 0 Å². The molecule has 0 aliphatic carbocycles. The van der Waals surface area contributed by atoms with Gasteiger partial charge in [-0.25, -0.2) is 8.42 Å². The maximum atomic E-state index is 12.4. The maximum Gasteiger partial charge on any atom is 0.243 e. The van der Waals surface area contributed by atoms with Gasteiger partial charge in [-0.2, -0.15) is 0 Å². The van der Waals surface area contributed by atoms with Crippen LogP contribution in [0, 0.1) is 0 Å². The second kappa shape index (κ2) is 8.92. The summed E-state index contributed by atoms with van der Waals surface area (Å²) >= 11 is 0. The Bertz CT molecular complexity index is 628. The molecule has 24 heavy (non-hydrogen) atoms. The minimum Gasteiger partial charge on any atom is -0.494 e. The molecule has 0 saturated carbocycles. The van der Waals surface area contributed by atoms with E-state index in [9.17, 15) is 13.2 Å². The Kier molecular flexibility index (Phi) is 7.54. The Balaban J connectivity index is 3.02. The number of nitrogens with one attached hydrogen (secondary N) is 1. The minimum atomic E-state index is -3.60. The number of anilines is 1. The van der Waals surface area contributed by atoms with E-state index in [2.05, 4.69) is 5.32 Å². The molecular weight excluding hydrogens is 328 g/mol. The van der Waals surface area contributed by atoms with Gasteiger partial charge in [0.15, 0.2) is 0 Å². The quantitative estimate of drug-likeness (QED) is 0.738. The molecule has 1 rings (SSSR count). The lowest BCUT2D eigenvalue weighted by atomic mass is 10.2. The van der Waals surface area contributed by atoms with Crippen LogP contribution in [0.1, 0.15) is 40.5 Å². The Morgan fingerprint density at radius 1 is 1.21 bits per heavy atom. The molecule has 0 radical (unpaired) electrons. The van der Waals surface area contributed by atoms with E-state index < -0.39 is 16.1 Å². The van der Waals surface area contributed by atoms with Crippen molar-refractivity contribution in [2.45, 2.75) is 52.6 Å². The Hall–Kier alpha value is -1.76. The third-order valence-corrected chi connectivity index (χ3v) is 4.84. The van der Waals surface area contributed by atoms with Crippen LogP contribution in [0.2, 0.25) is 0 Å². The molecule has 2 atom stereocenters. The highest BCUT2D eigenvalue weighted by atomic mass is 32.2. The Morgan fingerprint density at radius 3 is 2.25 bits per heavy atom. The molecule has 0 heterocycles. The van der Waals surface area contributed by atoms with Crippen LogP contribution >= 0.6 is 0 Å². The van der Waals surface area contributed by atoms with E-state index in [1.54, 1.807) is 31.2 Å². The molecule has 1 N–H and O–H groups in total. The van der Waals surface area contributed by atoms with E-state index in [0.29, 0.717) is 18.0 Å². The summed E-state index contributed by atoms with van der Waals surface area (Å²) in [6.45, 7) is 7.94. The molecule has 0 bridgehead atoms. The molecule has 0 spiro atoms. The average Bonchev–Trinajstić information content (AvgIpc) is 2.48. The second-order valence-corrected chi connectivity index (χ2v) is 7.72. The minimum absolute atomic E-state index is 0.00619. The van der Waals surface area contributed by atoms with Crippen molar-refractivity contribution < 1.29 is 17.9 Å². The van der Waals surface area contributed by atoms with Crippen molar-refractivity contribution in [2.75, 3.05) is 17.2 Å². The third-order valence-electron chi connectivity index (χ3n) is 3.60. The molecule has 136 valence electrons. The molecule has 1 aromatic rings. The standard InChI is InChI=1S/C17H28N2O4S/c1-6-8-13(3)18-17(20)14(4)19(24(5,21)22)15-9-11-16(12-10-15)23-7-2/h9-14H,6-8H2,1-5H3,(H,18,20)/t13-,14-/m0/s1. The fourth-order valence-corrected chi connectivity index (χ4v) is 3.71. The highest BCUT2D eigenvalue weighted by molar-refractivity contribution is 7.92. The smallest absolute Gasteiger partial charge is 0.243 e. The zero-order chi connectivity index (χ0) is 18.3. The fourth-order valence-electron chi connectivity index (χ4n) is 2.53. The molecule has 7 heteroatoms. The number of benzene rings is 1. The number of carbonyl (C=O) groups is 1. The number of rotatable bonds is 9. The van der Waals surface area contributed by atoms with Crippen molar-refractivity contribution in [2.24, 2.45) is 0 Å². The van der Waals surface area contributed by atoms with Crippen LogP contribution in [0.5, 0.6) is 5.75 Å². The lowest BCUT2D eigenvalue weighted by molar-refractivity contribution is -0.122. The fraction of sp³-hybridized carbons (Fsp3) is 0.588. The largest absolute Gasteiger partial charge is 0.494 e. The van der Waals surface area contributed by atoms with E-state index in [4.69, 9.17) is 4.74 Å². The predicted octanol–water partition coefficient (Wildman–Crippen LogP) is 2.54. The number of carbonyl (C=O) groups excluding carboxylic acids is 1. The van der Waals surface area contributed by atoms with Gasteiger partial charge in [-0.05, 0) is 51.5 Å². The van der Waals surface area contributed by atoms with Crippen LogP contribution in [0.4, 0.5) is 5.69 Å². The Labute approximate surface area is 145 Å². The molecular formula is C17H28N2O4S. The predicted molar refractivity (Wildman–Crippen MR) is 96.9 cm³/mol. The highest BCUT2D eigenvalue weighted by Gasteiger charge is 2.29. The molecule has 0 aliphatic rings. The second-order valence-electron chi connectivity index (χ2n) is 5.86. The molecule has 0 fully saturated rings. The average molecular weight is 356 g/mol. The van der Waals surface area contributed by atoms with Crippen molar-refractivity contribution >= 4 is 21.6 Å². The zero-order valence-corrected chi connectivity index (χ0v) is 15.9. The first-order chi connectivity index (χ1) is 11.2. The molecule has 1 aromatic carbocycles. The molecule has 0 aliphatic heterocycles. The summed E-state index contributed by atoms with van der Waals surface area (Å²) in [5.74, 6) is 0.346. The summed E-state index contributed by atoms with van der Waals surface area (Å²) < 4.78 is 30.9. The van der Waals surface area contributed by atoms with E-state index in [1.807, 2.05) is 20.8 Å². The van der Waals surface area contributed by atoms with E-state index in [1.165, 1.54) is 0 Å². The summed E-state index contributed by atoms with van der Waals surface area (Å²) in [5, 5.41) is 2.86. The van der Waals surface area contributed by atoms with Gasteiger partial charge in [-0.1, -0.05) is 13.3 Å². The maximum absolute atomic E-state index is 12.4. The zero-order valence-electron chi connectivity index (χ0n) is 15.1. The lowest BCUT2D eigenvalue weighted by Crippen LogP contribution is -2.49. The van der Waals surface area contributed by atoms with Crippen molar-refractivity contribution in [3.05, 3.63) is 24.3 Å². The molecule has 0 saturated heterocycles. The molecule has 1 amide bonds. The van der Waals surface area contributed by atoms with Crippen LogP contribution in [0.3, 0.4) is 0 Å². The van der Waals surface area contributed by atoms with Crippen LogP contribution in [0.15, 0.2) is 24.3 Å². The van der Waals surface area contributed by atoms with E-state index in [-0.39, 0.29) is 11.9 Å². The number of nitrogens with zero attached hydrogens (tertiary/aromatic N) is 1. The van der Waals surface area contributed by atoms with Crippen LogP contribution in [-0.2, 0) is 14.8 Å². The van der Waals surface area contributed by atoms with Gasteiger partial charge < -0.3 is 10.1 Å². The molecule has 0 unspecified atom stereocenters. The molecule has 0 aromatic heterocycles. The van der Waals surface area contributed by atoms with Gasteiger partial charge in [0.2, 0.25) is 15.9 Å². The van der Waals surface area contributed by atoms with Gasteiger partial charge in [0, 0.05) is 6.04 Å². The van der Waals surface area contributed by atoms with Gasteiger partial charge in [-0.15, -0.1) is 0 Å². The first-order valence-corrected chi connectivity index (χ1v) is 10.1. The number of sulfonamides is 1. The summed E-state index contributed by atoms with van der Waals surface area (Å²) in [6, 6.07) is 5.85. The monoisotopic (exact) mass is 356 g/mol. The van der Waals surface area contributed by atoms with Crippen molar-refractivity contribution in [1.82, 2.24) is 5.32 Å². The van der Waals surface area contributed by atoms with Gasteiger partial charge in [0.05, 0.1) is 18.6 Å². The van der Waals surface area contributed by atoms with Crippen LogP contribution < -0.4 is 14.4 Å². The highest BCUT2D eigenvalue weighted by Crippen LogP contribution is 2.24. The van der Waals surface area contributed by atoms with E-state index in [0.717, 1.165) is 23.4 Å². The normalized spacial score (nSPS) is 13.9. The number of amides is 1. The summed E-state index contributed by atoms with van der Waals surface area (Å²) in [4.78, 5) is 12.4. The van der Waals surface area contributed by atoms with E-state index >= 15 is 0 Å². The lowest BCUT2D eigenvalue weighted by Gasteiger charge is -2.29. The van der Waals surface area contributed by atoms with Gasteiger partial charge >= 0.3 is 0 Å². The summed E-state index contributed by atoms with van der Waals surface area (Å²) in [6.07, 6.45) is 2.90. The van der Waals surface area contributed by atoms with Crippen molar-refractivity contribution in [1.29, 1.82) is 0 Å². The van der Waals surface area contributed by atoms with Gasteiger partial charge in [0.1, 0.15) is 11.8 Å². The van der Waals surface area contributed by atoms with Crippen LogP contribution in [0.25, 0.3) is 0 Å². The molecule has 6 nitrogen and oxygen atoms in total. The number of hydrogen-bond acceptors (Lipinski definition) is 4. The number of hydrogen-bond donors (Lipinski definition) is 1. The summed E-state index contributed by atoms with van der Waals surface area (Å²) in [7, 11) is -3.60. The topological polar surface area (TPSA) is 75.7 Å². The third kappa shape index (κ3) is 5.70. The first-order valence-electron chi connectivity index (χ1n) is 8.23. The SMILES string of the molecule is CCC[C@H](C)NC(=O)[C@H](C)N(c1ccc(OCC)cc1)S(C)(=O)=O. The van der Waals surface area contributed by atoms with Gasteiger partial charge in [-0.3, -0.25) is 9.10 Å². The van der Waals surface area contributed by atoms with Crippen molar-refractivity contribution in [3.8, 4) is 5.75 Å². The summed E-state index contributed by atoms with van der Waals surface area (Å²) in [5.41, 5.74) is 0.437. The van der Waals surface area contributed by atoms with Gasteiger partial charge in [0.25, 0.3) is 0 Å². The Morgan fingerprint density at radius 2 is 1.79 bits per heavy atom. The van der Waals surface area contributed by atoms with Crippen LogP contribution in [-0.4, -0.2) is 39.3 Å². The number of ether oxygens (including phenoxy) is 1.